The van der Waals surface area contributed by atoms with Crippen molar-refractivity contribution in [1.82, 2.24) is 9.88 Å². The number of rotatable bonds is 4. The number of hydrogen-bond acceptors (Lipinski definition) is 3. The molecule has 1 saturated heterocycles. The molecule has 1 N–H and O–H groups in total. The summed E-state index contributed by atoms with van der Waals surface area (Å²) < 4.78 is 14.1. The van der Waals surface area contributed by atoms with E-state index in [0.29, 0.717) is 24.2 Å². The van der Waals surface area contributed by atoms with Crippen LogP contribution in [0.1, 0.15) is 16.7 Å². The first kappa shape index (κ1) is 15.1. The van der Waals surface area contributed by atoms with E-state index in [-0.39, 0.29) is 17.8 Å². The normalized spacial score (nSPS) is 22.1. The number of β-amino-alcohol motifs (C(OH)–C–C–N with tert-alkyl or cyclic N) is 1. The third-order valence-corrected chi connectivity index (χ3v) is 4.40. The lowest BCUT2D eigenvalue weighted by molar-refractivity contribution is 0.141. The van der Waals surface area contributed by atoms with E-state index in [2.05, 4.69) is 9.88 Å². The Hall–Kier alpha value is -1.78. The Morgan fingerprint density at radius 2 is 2.00 bits per heavy atom. The molecule has 3 nitrogen and oxygen atoms in total. The number of likely N-dealkylation sites (tertiary alicyclic amines) is 1. The molecule has 4 heteroatoms. The molecule has 1 aromatic carbocycles. The van der Waals surface area contributed by atoms with Gasteiger partial charge in [-0.2, -0.15) is 0 Å². The fourth-order valence-electron chi connectivity index (χ4n) is 3.16. The van der Waals surface area contributed by atoms with Crippen LogP contribution in [0.15, 0.2) is 42.7 Å². The number of aryl methyl sites for hydroxylation is 1. The van der Waals surface area contributed by atoms with E-state index in [9.17, 15) is 9.50 Å². The van der Waals surface area contributed by atoms with Crippen molar-refractivity contribution in [2.45, 2.75) is 26.0 Å². The molecule has 0 amide bonds. The minimum absolute atomic E-state index is 0.130. The van der Waals surface area contributed by atoms with Gasteiger partial charge in [-0.1, -0.05) is 18.2 Å². The molecule has 3 rings (SSSR count). The molecule has 0 bridgehead atoms. The zero-order valence-corrected chi connectivity index (χ0v) is 12.7. The van der Waals surface area contributed by atoms with Crippen molar-refractivity contribution >= 4 is 0 Å². The second kappa shape index (κ2) is 6.55. The van der Waals surface area contributed by atoms with Gasteiger partial charge in [0.2, 0.25) is 0 Å². The Bertz CT molecular complexity index is 632. The van der Waals surface area contributed by atoms with Gasteiger partial charge in [-0.25, -0.2) is 4.39 Å². The smallest absolute Gasteiger partial charge is 0.130 e. The summed E-state index contributed by atoms with van der Waals surface area (Å²) in [5, 5.41) is 10.3. The number of benzene rings is 1. The molecule has 0 radical (unpaired) electrons. The minimum Gasteiger partial charge on any atom is -0.391 e. The lowest BCUT2D eigenvalue weighted by Gasteiger charge is -2.16. The van der Waals surface area contributed by atoms with Gasteiger partial charge in [-0.15, -0.1) is 0 Å². The second-order valence-electron chi connectivity index (χ2n) is 6.13. The molecule has 2 atom stereocenters. The van der Waals surface area contributed by atoms with Crippen LogP contribution in [0.2, 0.25) is 0 Å². The lowest BCUT2D eigenvalue weighted by Crippen LogP contribution is -2.22. The lowest BCUT2D eigenvalue weighted by atomic mass is 9.97. The molecule has 0 aliphatic carbocycles. The van der Waals surface area contributed by atoms with Crippen LogP contribution in [0.3, 0.4) is 0 Å². The molecule has 1 aliphatic heterocycles. The molecule has 1 fully saturated rings. The highest BCUT2D eigenvalue weighted by molar-refractivity contribution is 5.25. The maximum Gasteiger partial charge on any atom is 0.130 e. The molecule has 22 heavy (non-hydrogen) atoms. The fourth-order valence-corrected chi connectivity index (χ4v) is 3.16. The number of aromatic nitrogens is 1. The molecular weight excluding hydrogens is 279 g/mol. The highest BCUT2D eigenvalue weighted by Gasteiger charge is 2.31. The molecule has 2 heterocycles. The van der Waals surface area contributed by atoms with Crippen molar-refractivity contribution in [3.63, 3.8) is 0 Å². The zero-order valence-electron chi connectivity index (χ0n) is 12.7. The maximum absolute atomic E-state index is 14.1. The van der Waals surface area contributed by atoms with Gasteiger partial charge < -0.3 is 5.11 Å². The van der Waals surface area contributed by atoms with Gasteiger partial charge in [0, 0.05) is 43.5 Å². The quantitative estimate of drug-likeness (QED) is 0.943. The van der Waals surface area contributed by atoms with Crippen LogP contribution in [-0.2, 0) is 13.0 Å². The van der Waals surface area contributed by atoms with Gasteiger partial charge >= 0.3 is 0 Å². The molecule has 2 aromatic rings. The van der Waals surface area contributed by atoms with Gasteiger partial charge in [-0.05, 0) is 36.6 Å². The van der Waals surface area contributed by atoms with Gasteiger partial charge in [0.1, 0.15) is 5.82 Å². The van der Waals surface area contributed by atoms with E-state index in [1.165, 1.54) is 5.56 Å². The van der Waals surface area contributed by atoms with Crippen LogP contribution < -0.4 is 0 Å². The molecule has 0 spiro atoms. The SMILES string of the molecule is Cc1cccc(CN2C[C@@H](Cc3ccncc3)[C@H](O)C2)c1F. The highest BCUT2D eigenvalue weighted by atomic mass is 19.1. The number of pyridine rings is 1. The predicted octanol–water partition coefficient (Wildman–Crippen LogP) is 2.56. The number of aliphatic hydroxyl groups excluding tert-OH is 1. The summed E-state index contributed by atoms with van der Waals surface area (Å²) in [4.78, 5) is 6.15. The summed E-state index contributed by atoms with van der Waals surface area (Å²) in [6, 6.07) is 9.45. The van der Waals surface area contributed by atoms with Crippen molar-refractivity contribution in [3.05, 3.63) is 65.2 Å². The minimum atomic E-state index is -0.360. The Kier molecular flexibility index (Phi) is 4.50. The van der Waals surface area contributed by atoms with E-state index in [4.69, 9.17) is 0 Å². The summed E-state index contributed by atoms with van der Waals surface area (Å²) in [5.74, 6) is 0.0600. The Balaban J connectivity index is 1.64. The molecule has 0 saturated carbocycles. The number of halogens is 1. The average Bonchev–Trinajstić information content (AvgIpc) is 2.85. The summed E-state index contributed by atoms with van der Waals surface area (Å²) in [6.07, 6.45) is 4.02. The molecular formula is C18H21FN2O. The van der Waals surface area contributed by atoms with Crippen molar-refractivity contribution in [1.29, 1.82) is 0 Å². The van der Waals surface area contributed by atoms with Crippen LogP contribution in [-0.4, -0.2) is 34.2 Å². The molecule has 116 valence electrons. The first-order valence-electron chi connectivity index (χ1n) is 7.67. The van der Waals surface area contributed by atoms with Crippen molar-refractivity contribution in [3.8, 4) is 0 Å². The van der Waals surface area contributed by atoms with Gasteiger partial charge in [-0.3, -0.25) is 9.88 Å². The van der Waals surface area contributed by atoms with Crippen LogP contribution in [0.5, 0.6) is 0 Å². The van der Waals surface area contributed by atoms with Crippen molar-refractivity contribution < 1.29 is 9.50 Å². The van der Waals surface area contributed by atoms with Gasteiger partial charge in [0.15, 0.2) is 0 Å². The van der Waals surface area contributed by atoms with E-state index in [1.54, 1.807) is 25.4 Å². The maximum atomic E-state index is 14.1. The van der Waals surface area contributed by atoms with Gasteiger partial charge in [0.25, 0.3) is 0 Å². The van der Waals surface area contributed by atoms with Crippen LogP contribution in [0.4, 0.5) is 4.39 Å². The Morgan fingerprint density at radius 1 is 1.23 bits per heavy atom. The van der Waals surface area contributed by atoms with Crippen LogP contribution in [0, 0.1) is 18.7 Å². The van der Waals surface area contributed by atoms with Crippen LogP contribution >= 0.6 is 0 Å². The summed E-state index contributed by atoms with van der Waals surface area (Å²) in [5.41, 5.74) is 2.56. The standard InChI is InChI=1S/C18H21FN2O/c1-13-3-2-4-15(18(13)19)10-21-11-16(17(22)12-21)9-14-5-7-20-8-6-14/h2-8,16-17,22H,9-12H2,1H3/t16-,17-/m1/s1. The third-order valence-electron chi connectivity index (χ3n) is 4.40. The van der Waals surface area contributed by atoms with Crippen molar-refractivity contribution in [2.75, 3.05) is 13.1 Å². The second-order valence-corrected chi connectivity index (χ2v) is 6.13. The third kappa shape index (κ3) is 3.34. The number of hydrogen-bond donors (Lipinski definition) is 1. The summed E-state index contributed by atoms with van der Waals surface area (Å²) >= 11 is 0. The summed E-state index contributed by atoms with van der Waals surface area (Å²) in [7, 11) is 0. The number of aliphatic hydroxyl groups is 1. The summed E-state index contributed by atoms with van der Waals surface area (Å²) in [6.45, 7) is 3.72. The molecule has 0 unspecified atom stereocenters. The average molecular weight is 300 g/mol. The Labute approximate surface area is 130 Å². The van der Waals surface area contributed by atoms with E-state index < -0.39 is 0 Å². The van der Waals surface area contributed by atoms with Gasteiger partial charge in [0.05, 0.1) is 6.10 Å². The first-order chi connectivity index (χ1) is 10.6. The number of nitrogens with zero attached hydrogens (tertiary/aromatic N) is 2. The Morgan fingerprint density at radius 3 is 2.77 bits per heavy atom. The predicted molar refractivity (Wildman–Crippen MR) is 83.9 cm³/mol. The monoisotopic (exact) mass is 300 g/mol. The zero-order chi connectivity index (χ0) is 15.5. The van der Waals surface area contributed by atoms with E-state index in [1.807, 2.05) is 24.3 Å². The van der Waals surface area contributed by atoms with Crippen LogP contribution in [0.25, 0.3) is 0 Å². The topological polar surface area (TPSA) is 36.4 Å². The molecule has 1 aromatic heterocycles. The van der Waals surface area contributed by atoms with Crippen molar-refractivity contribution in [2.24, 2.45) is 5.92 Å². The largest absolute Gasteiger partial charge is 0.391 e. The fraction of sp³-hybridized carbons (Fsp3) is 0.389. The highest BCUT2D eigenvalue weighted by Crippen LogP contribution is 2.24. The van der Waals surface area contributed by atoms with E-state index in [0.717, 1.165) is 13.0 Å². The molecule has 1 aliphatic rings. The first-order valence-corrected chi connectivity index (χ1v) is 7.67. The van der Waals surface area contributed by atoms with E-state index >= 15 is 0 Å².